The smallest absolute Gasteiger partial charge is 0.308 e. The molecule has 2 rings (SSSR count). The molecular weight excluding hydrogens is 300 g/mol. The van der Waals surface area contributed by atoms with Gasteiger partial charge in [0, 0.05) is 13.2 Å². The first-order valence-electron chi connectivity index (χ1n) is 7.06. The fourth-order valence-electron chi connectivity index (χ4n) is 2.15. The minimum Gasteiger partial charge on any atom is -0.481 e. The summed E-state index contributed by atoms with van der Waals surface area (Å²) < 4.78 is 9.87. The van der Waals surface area contributed by atoms with Crippen LogP contribution in [0.3, 0.4) is 0 Å². The molecule has 2 aromatic rings. The Morgan fingerprint density at radius 3 is 2.65 bits per heavy atom. The van der Waals surface area contributed by atoms with Gasteiger partial charge in [0.2, 0.25) is 0 Å². The Balaban J connectivity index is 2.19. The minimum atomic E-state index is -1.00. The number of aliphatic carboxylic acids is 1. The number of carbonyl (C=O) groups is 2. The van der Waals surface area contributed by atoms with E-state index in [1.807, 2.05) is 6.07 Å². The average Bonchev–Trinajstić information content (AvgIpc) is 3.01. The molecule has 0 bridgehead atoms. The third-order valence-electron chi connectivity index (χ3n) is 3.41. The van der Waals surface area contributed by atoms with Crippen molar-refractivity contribution in [2.45, 2.75) is 19.6 Å². The first-order chi connectivity index (χ1) is 11.0. The molecule has 1 amide bonds. The van der Waals surface area contributed by atoms with Gasteiger partial charge in [0.05, 0.1) is 12.0 Å². The molecule has 1 heterocycles. The first-order valence-corrected chi connectivity index (χ1v) is 7.06. The normalized spacial score (nSPS) is 13.3. The van der Waals surface area contributed by atoms with Crippen molar-refractivity contribution >= 4 is 11.9 Å². The quantitative estimate of drug-likeness (QED) is 0.809. The highest BCUT2D eigenvalue weighted by molar-refractivity contribution is 5.92. The molecule has 7 nitrogen and oxygen atoms in total. The molecule has 1 aromatic carbocycles. The van der Waals surface area contributed by atoms with E-state index >= 15 is 0 Å². The lowest BCUT2D eigenvalue weighted by atomic mass is 9.94. The molecule has 0 aliphatic rings. The third-order valence-corrected chi connectivity index (χ3v) is 3.41. The maximum absolute atomic E-state index is 12.3. The van der Waals surface area contributed by atoms with Crippen molar-refractivity contribution in [2.24, 2.45) is 5.92 Å². The summed E-state index contributed by atoms with van der Waals surface area (Å²) in [6.07, 6.45) is 0. The lowest BCUT2D eigenvalue weighted by Crippen LogP contribution is -2.35. The van der Waals surface area contributed by atoms with Crippen LogP contribution in [-0.4, -0.2) is 29.2 Å². The molecule has 0 aliphatic carbocycles. The van der Waals surface area contributed by atoms with E-state index in [1.165, 1.54) is 13.2 Å². The number of nitrogens with one attached hydrogen (secondary N) is 1. The molecule has 0 saturated carbocycles. The number of methoxy groups -OCH3 is 1. The fraction of sp³-hybridized carbons (Fsp3) is 0.312. The highest BCUT2D eigenvalue weighted by Crippen LogP contribution is 2.22. The highest BCUT2D eigenvalue weighted by Gasteiger charge is 2.28. The molecule has 23 heavy (non-hydrogen) atoms. The second kappa shape index (κ2) is 7.55. The maximum atomic E-state index is 12.3. The van der Waals surface area contributed by atoms with E-state index in [0.717, 1.165) is 0 Å². The molecular formula is C16H18N2O5. The molecule has 1 aromatic heterocycles. The number of carboxylic acids is 1. The Labute approximate surface area is 133 Å². The van der Waals surface area contributed by atoms with Crippen LogP contribution in [0.1, 0.15) is 34.8 Å². The molecule has 2 unspecified atom stereocenters. The van der Waals surface area contributed by atoms with Crippen molar-refractivity contribution < 1.29 is 24.0 Å². The number of rotatable bonds is 7. The Morgan fingerprint density at radius 1 is 1.35 bits per heavy atom. The summed E-state index contributed by atoms with van der Waals surface area (Å²) in [7, 11) is 1.50. The van der Waals surface area contributed by atoms with Crippen molar-refractivity contribution in [3.8, 4) is 0 Å². The topological polar surface area (TPSA) is 102 Å². The first kappa shape index (κ1) is 16.7. The summed E-state index contributed by atoms with van der Waals surface area (Å²) in [6, 6.07) is 9.72. The zero-order valence-corrected chi connectivity index (χ0v) is 12.9. The van der Waals surface area contributed by atoms with Crippen LogP contribution in [0.25, 0.3) is 0 Å². The molecule has 0 aliphatic heterocycles. The number of carboxylic acid groups (broad SMARTS) is 1. The lowest BCUT2D eigenvalue weighted by molar-refractivity contribution is -0.142. The monoisotopic (exact) mass is 318 g/mol. The summed E-state index contributed by atoms with van der Waals surface area (Å²) in [5.74, 6) is -1.88. The van der Waals surface area contributed by atoms with E-state index in [1.54, 1.807) is 31.2 Å². The van der Waals surface area contributed by atoms with Crippen LogP contribution in [0.2, 0.25) is 0 Å². The number of aromatic nitrogens is 1. The van der Waals surface area contributed by atoms with Gasteiger partial charge in [-0.15, -0.1) is 0 Å². The van der Waals surface area contributed by atoms with Crippen LogP contribution in [0.4, 0.5) is 0 Å². The SMILES string of the molecule is COCc1cc(C(=O)NC(c2ccccc2)C(C)C(=O)O)no1. The summed E-state index contributed by atoms with van der Waals surface area (Å²) in [5, 5.41) is 15.6. The van der Waals surface area contributed by atoms with Gasteiger partial charge >= 0.3 is 5.97 Å². The van der Waals surface area contributed by atoms with Crippen LogP contribution < -0.4 is 5.32 Å². The molecule has 0 saturated heterocycles. The van der Waals surface area contributed by atoms with Gasteiger partial charge in [0.25, 0.3) is 5.91 Å². The van der Waals surface area contributed by atoms with Crippen molar-refractivity contribution in [3.05, 3.63) is 53.4 Å². The number of amides is 1. The molecule has 0 spiro atoms. The molecule has 0 fully saturated rings. The zero-order chi connectivity index (χ0) is 16.8. The number of benzene rings is 1. The van der Waals surface area contributed by atoms with Gasteiger partial charge in [0.1, 0.15) is 6.61 Å². The summed E-state index contributed by atoms with van der Waals surface area (Å²) >= 11 is 0. The third kappa shape index (κ3) is 4.17. The Morgan fingerprint density at radius 2 is 2.04 bits per heavy atom. The predicted molar refractivity (Wildman–Crippen MR) is 80.7 cm³/mol. The van der Waals surface area contributed by atoms with Crippen molar-refractivity contribution in [1.82, 2.24) is 10.5 Å². The molecule has 0 radical (unpaired) electrons. The van der Waals surface area contributed by atoms with E-state index in [9.17, 15) is 14.7 Å². The number of carbonyl (C=O) groups excluding carboxylic acids is 1. The number of hydrogen-bond donors (Lipinski definition) is 2. The predicted octanol–water partition coefficient (Wildman–Crippen LogP) is 2.01. The van der Waals surface area contributed by atoms with Gasteiger partial charge < -0.3 is 19.7 Å². The fourth-order valence-corrected chi connectivity index (χ4v) is 2.15. The van der Waals surface area contributed by atoms with Crippen molar-refractivity contribution in [1.29, 1.82) is 0 Å². The highest BCUT2D eigenvalue weighted by atomic mass is 16.5. The van der Waals surface area contributed by atoms with Gasteiger partial charge in [-0.1, -0.05) is 35.5 Å². The second-order valence-electron chi connectivity index (χ2n) is 5.10. The van der Waals surface area contributed by atoms with E-state index in [-0.39, 0.29) is 12.3 Å². The molecule has 2 N–H and O–H groups in total. The Kier molecular flexibility index (Phi) is 5.48. The van der Waals surface area contributed by atoms with Crippen molar-refractivity contribution in [2.75, 3.05) is 7.11 Å². The Hall–Kier alpha value is -2.67. The number of hydrogen-bond acceptors (Lipinski definition) is 5. The zero-order valence-electron chi connectivity index (χ0n) is 12.9. The average molecular weight is 318 g/mol. The van der Waals surface area contributed by atoms with Gasteiger partial charge in [-0.05, 0) is 12.5 Å². The van der Waals surface area contributed by atoms with Crippen LogP contribution >= 0.6 is 0 Å². The van der Waals surface area contributed by atoms with Crippen LogP contribution in [0, 0.1) is 5.92 Å². The van der Waals surface area contributed by atoms with E-state index in [2.05, 4.69) is 10.5 Å². The van der Waals surface area contributed by atoms with Gasteiger partial charge in [-0.2, -0.15) is 0 Å². The standard InChI is InChI=1S/C16H18N2O5/c1-10(16(20)21)14(11-6-4-3-5-7-11)17-15(19)13-8-12(9-22-2)23-18-13/h3-8,10,14H,9H2,1-2H3,(H,17,19)(H,20,21). The summed E-state index contributed by atoms with van der Waals surface area (Å²) in [5.41, 5.74) is 0.784. The van der Waals surface area contributed by atoms with Gasteiger partial charge in [0.15, 0.2) is 11.5 Å². The number of nitrogens with zero attached hydrogens (tertiary/aromatic N) is 1. The second-order valence-corrected chi connectivity index (χ2v) is 5.10. The molecule has 2 atom stereocenters. The van der Waals surface area contributed by atoms with Crippen molar-refractivity contribution in [3.63, 3.8) is 0 Å². The largest absolute Gasteiger partial charge is 0.481 e. The number of ether oxygens (including phenoxy) is 1. The van der Waals surface area contributed by atoms with Crippen LogP contribution in [-0.2, 0) is 16.1 Å². The summed E-state index contributed by atoms with van der Waals surface area (Å²) in [6.45, 7) is 1.74. The van der Waals surface area contributed by atoms with E-state index in [0.29, 0.717) is 11.3 Å². The van der Waals surface area contributed by atoms with E-state index < -0.39 is 23.8 Å². The van der Waals surface area contributed by atoms with Gasteiger partial charge in [-0.25, -0.2) is 0 Å². The van der Waals surface area contributed by atoms with Crippen LogP contribution in [0.15, 0.2) is 40.9 Å². The molecule has 122 valence electrons. The minimum absolute atomic E-state index is 0.0792. The maximum Gasteiger partial charge on any atom is 0.308 e. The molecule has 7 heteroatoms. The summed E-state index contributed by atoms with van der Waals surface area (Å²) in [4.78, 5) is 23.6. The van der Waals surface area contributed by atoms with Gasteiger partial charge in [-0.3, -0.25) is 9.59 Å². The van der Waals surface area contributed by atoms with Crippen LogP contribution in [0.5, 0.6) is 0 Å². The van der Waals surface area contributed by atoms with E-state index in [4.69, 9.17) is 9.26 Å². The lowest BCUT2D eigenvalue weighted by Gasteiger charge is -2.22. The Bertz CT molecular complexity index is 668.